The molecule has 3 heteroatoms. The lowest BCUT2D eigenvalue weighted by Crippen LogP contribution is -2.31. The summed E-state index contributed by atoms with van der Waals surface area (Å²) in [5.74, 6) is 0.360. The summed E-state index contributed by atoms with van der Waals surface area (Å²) in [6, 6.07) is 13.5. The van der Waals surface area contributed by atoms with E-state index in [2.05, 4.69) is 25.2 Å². The standard InChI is InChI=1S/C15H17NOS/c1-11(2)14(13-9-6-10-18-13)16-15(17)12-7-4-3-5-8-12/h3-11,14H,1-2H3,(H,16,17)/t14-/m0/s1. The summed E-state index contributed by atoms with van der Waals surface area (Å²) in [6.07, 6.45) is 0. The van der Waals surface area contributed by atoms with Crippen LogP contribution in [0.25, 0.3) is 0 Å². The van der Waals surface area contributed by atoms with Crippen LogP contribution < -0.4 is 5.32 Å². The van der Waals surface area contributed by atoms with E-state index in [1.165, 1.54) is 4.88 Å². The lowest BCUT2D eigenvalue weighted by Gasteiger charge is -2.21. The Bertz CT molecular complexity index is 490. The summed E-state index contributed by atoms with van der Waals surface area (Å²) < 4.78 is 0. The van der Waals surface area contributed by atoms with E-state index in [0.717, 1.165) is 0 Å². The first-order valence-corrected chi connectivity index (χ1v) is 6.96. The first kappa shape index (κ1) is 12.8. The maximum atomic E-state index is 12.1. The van der Waals surface area contributed by atoms with Crippen LogP contribution in [0.15, 0.2) is 47.8 Å². The molecule has 1 amide bonds. The zero-order chi connectivity index (χ0) is 13.0. The van der Waals surface area contributed by atoms with Crippen molar-refractivity contribution in [2.45, 2.75) is 19.9 Å². The summed E-state index contributed by atoms with van der Waals surface area (Å²) in [6.45, 7) is 4.24. The first-order chi connectivity index (χ1) is 8.68. The van der Waals surface area contributed by atoms with Gasteiger partial charge in [-0.15, -0.1) is 11.3 Å². The SMILES string of the molecule is CC(C)[C@H](NC(=O)c1ccccc1)c1cccs1. The second kappa shape index (κ2) is 5.83. The Morgan fingerprint density at radius 1 is 1.11 bits per heavy atom. The third-order valence-electron chi connectivity index (χ3n) is 2.84. The molecular weight excluding hydrogens is 242 g/mol. The number of carbonyl (C=O) groups excluding carboxylic acids is 1. The van der Waals surface area contributed by atoms with Crippen LogP contribution in [0.2, 0.25) is 0 Å². The Labute approximate surface area is 112 Å². The quantitative estimate of drug-likeness (QED) is 0.887. The highest BCUT2D eigenvalue weighted by molar-refractivity contribution is 7.10. The highest BCUT2D eigenvalue weighted by Gasteiger charge is 2.19. The van der Waals surface area contributed by atoms with Crippen LogP contribution in [-0.2, 0) is 0 Å². The molecule has 0 saturated heterocycles. The van der Waals surface area contributed by atoms with Crippen LogP contribution >= 0.6 is 11.3 Å². The fraction of sp³-hybridized carbons (Fsp3) is 0.267. The Morgan fingerprint density at radius 3 is 2.39 bits per heavy atom. The van der Waals surface area contributed by atoms with Gasteiger partial charge in [0.15, 0.2) is 0 Å². The van der Waals surface area contributed by atoms with E-state index in [1.807, 2.05) is 41.8 Å². The van der Waals surface area contributed by atoms with Crippen LogP contribution in [0.1, 0.15) is 35.1 Å². The van der Waals surface area contributed by atoms with Gasteiger partial charge in [-0.1, -0.05) is 38.1 Å². The molecule has 0 aliphatic rings. The largest absolute Gasteiger partial charge is 0.344 e. The van der Waals surface area contributed by atoms with Gasteiger partial charge >= 0.3 is 0 Å². The van der Waals surface area contributed by atoms with E-state index >= 15 is 0 Å². The van der Waals surface area contributed by atoms with Crippen molar-refractivity contribution in [3.8, 4) is 0 Å². The number of amides is 1. The van der Waals surface area contributed by atoms with Gasteiger partial charge in [0.05, 0.1) is 6.04 Å². The molecule has 0 unspecified atom stereocenters. The third kappa shape index (κ3) is 2.99. The molecule has 18 heavy (non-hydrogen) atoms. The summed E-state index contributed by atoms with van der Waals surface area (Å²) in [5, 5.41) is 5.15. The molecule has 2 rings (SSSR count). The van der Waals surface area contributed by atoms with Crippen molar-refractivity contribution in [3.63, 3.8) is 0 Å². The molecule has 0 fully saturated rings. The molecule has 0 bridgehead atoms. The Hall–Kier alpha value is -1.61. The average Bonchev–Trinajstić information content (AvgIpc) is 2.90. The van der Waals surface area contributed by atoms with E-state index in [-0.39, 0.29) is 11.9 Å². The number of hydrogen-bond donors (Lipinski definition) is 1. The minimum absolute atomic E-state index is 0.0114. The Kier molecular flexibility index (Phi) is 4.15. The fourth-order valence-corrected chi connectivity index (χ4v) is 2.80. The van der Waals surface area contributed by atoms with Gasteiger partial charge in [0.25, 0.3) is 5.91 Å². The number of rotatable bonds is 4. The van der Waals surface area contributed by atoms with Gasteiger partial charge in [-0.3, -0.25) is 4.79 Å². The normalized spacial score (nSPS) is 12.4. The van der Waals surface area contributed by atoms with Crippen molar-refractivity contribution in [1.82, 2.24) is 5.32 Å². The molecule has 0 aliphatic heterocycles. The van der Waals surface area contributed by atoms with Crippen molar-refractivity contribution in [1.29, 1.82) is 0 Å². The molecule has 0 radical (unpaired) electrons. The first-order valence-electron chi connectivity index (χ1n) is 6.08. The number of hydrogen-bond acceptors (Lipinski definition) is 2. The highest BCUT2D eigenvalue weighted by atomic mass is 32.1. The molecule has 2 nitrogen and oxygen atoms in total. The highest BCUT2D eigenvalue weighted by Crippen LogP contribution is 2.26. The maximum Gasteiger partial charge on any atom is 0.251 e. The summed E-state index contributed by atoms with van der Waals surface area (Å²) >= 11 is 1.68. The molecule has 1 aromatic carbocycles. The van der Waals surface area contributed by atoms with Gasteiger partial charge in [0.2, 0.25) is 0 Å². The fourth-order valence-electron chi connectivity index (χ4n) is 1.85. The van der Waals surface area contributed by atoms with E-state index < -0.39 is 0 Å². The molecular formula is C15H17NOS. The molecule has 94 valence electrons. The number of nitrogens with one attached hydrogen (secondary N) is 1. The van der Waals surface area contributed by atoms with Crippen LogP contribution in [0.5, 0.6) is 0 Å². The Morgan fingerprint density at radius 2 is 1.83 bits per heavy atom. The number of benzene rings is 1. The van der Waals surface area contributed by atoms with Crippen molar-refractivity contribution in [2.75, 3.05) is 0 Å². The molecule has 1 heterocycles. The minimum Gasteiger partial charge on any atom is -0.344 e. The van der Waals surface area contributed by atoms with Gasteiger partial charge in [0.1, 0.15) is 0 Å². The minimum atomic E-state index is -0.0114. The van der Waals surface area contributed by atoms with E-state index in [4.69, 9.17) is 0 Å². The number of thiophene rings is 1. The lowest BCUT2D eigenvalue weighted by atomic mass is 10.0. The predicted molar refractivity (Wildman–Crippen MR) is 75.8 cm³/mol. The van der Waals surface area contributed by atoms with Gasteiger partial charge in [0, 0.05) is 10.4 Å². The monoisotopic (exact) mass is 259 g/mol. The lowest BCUT2D eigenvalue weighted by molar-refractivity contribution is 0.0926. The zero-order valence-corrected chi connectivity index (χ0v) is 11.4. The van der Waals surface area contributed by atoms with Gasteiger partial charge in [-0.25, -0.2) is 0 Å². The predicted octanol–water partition coefficient (Wildman–Crippen LogP) is 3.88. The van der Waals surface area contributed by atoms with E-state index in [9.17, 15) is 4.79 Å². The van der Waals surface area contributed by atoms with Gasteiger partial charge in [-0.05, 0) is 29.5 Å². The van der Waals surface area contributed by atoms with Crippen LogP contribution in [0.3, 0.4) is 0 Å². The van der Waals surface area contributed by atoms with Crippen molar-refractivity contribution in [3.05, 3.63) is 58.3 Å². The topological polar surface area (TPSA) is 29.1 Å². The van der Waals surface area contributed by atoms with Crippen molar-refractivity contribution < 1.29 is 4.79 Å². The Balaban J connectivity index is 2.13. The third-order valence-corrected chi connectivity index (χ3v) is 3.79. The molecule has 0 aliphatic carbocycles. The summed E-state index contributed by atoms with van der Waals surface area (Å²) in [5.41, 5.74) is 0.708. The van der Waals surface area contributed by atoms with Gasteiger partial charge in [-0.2, -0.15) is 0 Å². The molecule has 1 N–H and O–H groups in total. The molecule has 0 saturated carbocycles. The molecule has 2 aromatic rings. The second-order valence-electron chi connectivity index (χ2n) is 4.58. The number of carbonyl (C=O) groups is 1. The molecule has 1 aromatic heterocycles. The van der Waals surface area contributed by atoms with E-state index in [0.29, 0.717) is 11.5 Å². The molecule has 1 atom stereocenters. The maximum absolute atomic E-state index is 12.1. The van der Waals surface area contributed by atoms with Crippen molar-refractivity contribution >= 4 is 17.2 Å². The summed E-state index contributed by atoms with van der Waals surface area (Å²) in [7, 11) is 0. The second-order valence-corrected chi connectivity index (χ2v) is 5.56. The molecule has 0 spiro atoms. The van der Waals surface area contributed by atoms with E-state index in [1.54, 1.807) is 11.3 Å². The van der Waals surface area contributed by atoms with Gasteiger partial charge < -0.3 is 5.32 Å². The zero-order valence-electron chi connectivity index (χ0n) is 10.6. The summed E-state index contributed by atoms with van der Waals surface area (Å²) in [4.78, 5) is 13.4. The van der Waals surface area contributed by atoms with Crippen molar-refractivity contribution in [2.24, 2.45) is 5.92 Å². The average molecular weight is 259 g/mol. The smallest absolute Gasteiger partial charge is 0.251 e. The van der Waals surface area contributed by atoms with Crippen LogP contribution in [0, 0.1) is 5.92 Å². The van der Waals surface area contributed by atoms with Crippen LogP contribution in [-0.4, -0.2) is 5.91 Å². The van der Waals surface area contributed by atoms with Crippen LogP contribution in [0.4, 0.5) is 0 Å².